The molecule has 1 fully saturated rings. The summed E-state index contributed by atoms with van der Waals surface area (Å²) in [6, 6.07) is 6.86. The largest absolute Gasteiger partial charge is 0.481 e. The van der Waals surface area contributed by atoms with Crippen LogP contribution in [0.3, 0.4) is 0 Å². The second kappa shape index (κ2) is 6.61. The summed E-state index contributed by atoms with van der Waals surface area (Å²) in [5, 5.41) is 11.6. The molecule has 1 aliphatic rings. The number of aliphatic carboxylic acids is 1. The molecule has 0 aliphatic carbocycles. The Balaban J connectivity index is 1.94. The highest BCUT2D eigenvalue weighted by molar-refractivity contribution is 5.89. The first-order chi connectivity index (χ1) is 9.94. The number of nitrogens with one attached hydrogen (secondary N) is 1. The van der Waals surface area contributed by atoms with Crippen molar-refractivity contribution in [3.05, 3.63) is 29.8 Å². The number of amides is 2. The number of hydrogen-bond donors (Lipinski definition) is 2. The minimum atomic E-state index is -0.858. The van der Waals surface area contributed by atoms with E-state index in [1.54, 1.807) is 24.3 Å². The van der Waals surface area contributed by atoms with Gasteiger partial charge in [0.05, 0.1) is 6.42 Å². The molecule has 2 atom stereocenters. The molecule has 114 valence electrons. The highest BCUT2D eigenvalue weighted by atomic mass is 16.4. The number of hydrogen-bond acceptors (Lipinski definition) is 2. The lowest BCUT2D eigenvalue weighted by atomic mass is 9.92. The maximum Gasteiger partial charge on any atom is 0.321 e. The Bertz CT molecular complexity index is 503. The molecule has 1 saturated heterocycles. The molecule has 0 saturated carbocycles. The third kappa shape index (κ3) is 4.48. The van der Waals surface area contributed by atoms with Crippen LogP contribution >= 0.6 is 0 Å². The SMILES string of the molecule is CC1CC(C)CN(C(=O)Nc2ccc(CC(=O)O)cc2)C1. The Hall–Kier alpha value is -2.04. The first-order valence-electron chi connectivity index (χ1n) is 7.30. The van der Waals surface area contributed by atoms with Crippen molar-refractivity contribution in [3.63, 3.8) is 0 Å². The molecule has 0 bridgehead atoms. The van der Waals surface area contributed by atoms with Crippen LogP contribution in [0.15, 0.2) is 24.3 Å². The highest BCUT2D eigenvalue weighted by Crippen LogP contribution is 2.21. The Morgan fingerprint density at radius 2 is 1.76 bits per heavy atom. The number of carboxylic acids is 1. The van der Waals surface area contributed by atoms with Gasteiger partial charge < -0.3 is 15.3 Å². The summed E-state index contributed by atoms with van der Waals surface area (Å²) in [6.07, 6.45) is 1.16. The molecule has 2 N–H and O–H groups in total. The number of likely N-dealkylation sites (tertiary alicyclic amines) is 1. The van der Waals surface area contributed by atoms with Gasteiger partial charge in [0.25, 0.3) is 0 Å². The fraction of sp³-hybridized carbons (Fsp3) is 0.500. The number of carbonyl (C=O) groups is 2. The Kier molecular flexibility index (Phi) is 4.83. The van der Waals surface area contributed by atoms with Gasteiger partial charge in [-0.25, -0.2) is 4.79 Å². The van der Waals surface area contributed by atoms with Crippen molar-refractivity contribution in [2.45, 2.75) is 26.7 Å². The fourth-order valence-electron chi connectivity index (χ4n) is 2.91. The van der Waals surface area contributed by atoms with Crippen molar-refractivity contribution in [3.8, 4) is 0 Å². The fourth-order valence-corrected chi connectivity index (χ4v) is 2.91. The maximum atomic E-state index is 12.2. The molecule has 2 amide bonds. The van der Waals surface area contributed by atoms with E-state index < -0.39 is 5.97 Å². The van der Waals surface area contributed by atoms with Crippen molar-refractivity contribution in [2.24, 2.45) is 11.8 Å². The molecule has 0 spiro atoms. The Morgan fingerprint density at radius 1 is 1.19 bits per heavy atom. The van der Waals surface area contributed by atoms with Crippen LogP contribution in [0.5, 0.6) is 0 Å². The first kappa shape index (κ1) is 15.4. The molecular weight excluding hydrogens is 268 g/mol. The topological polar surface area (TPSA) is 69.6 Å². The lowest BCUT2D eigenvalue weighted by Gasteiger charge is -2.34. The number of benzene rings is 1. The van der Waals surface area contributed by atoms with Gasteiger partial charge in [-0.05, 0) is 36.0 Å². The molecule has 21 heavy (non-hydrogen) atoms. The van der Waals surface area contributed by atoms with Crippen LogP contribution in [0.4, 0.5) is 10.5 Å². The molecule has 0 aromatic heterocycles. The zero-order chi connectivity index (χ0) is 15.4. The van der Waals surface area contributed by atoms with E-state index in [0.29, 0.717) is 17.5 Å². The van der Waals surface area contributed by atoms with E-state index in [1.807, 2.05) is 4.90 Å². The number of carbonyl (C=O) groups excluding carboxylic acids is 1. The molecule has 5 heteroatoms. The molecule has 2 rings (SSSR count). The van der Waals surface area contributed by atoms with Gasteiger partial charge in [0.1, 0.15) is 0 Å². The molecule has 0 radical (unpaired) electrons. The average Bonchev–Trinajstić information content (AvgIpc) is 2.39. The van der Waals surface area contributed by atoms with Crippen LogP contribution in [0, 0.1) is 11.8 Å². The van der Waals surface area contributed by atoms with E-state index in [9.17, 15) is 9.59 Å². The summed E-state index contributed by atoms with van der Waals surface area (Å²) in [5.41, 5.74) is 1.42. The van der Waals surface area contributed by atoms with Crippen molar-refractivity contribution in [1.29, 1.82) is 0 Å². The minimum Gasteiger partial charge on any atom is -0.481 e. The zero-order valence-electron chi connectivity index (χ0n) is 12.5. The van der Waals surface area contributed by atoms with Gasteiger partial charge in [-0.2, -0.15) is 0 Å². The predicted molar refractivity (Wildman–Crippen MR) is 81.3 cm³/mol. The summed E-state index contributed by atoms with van der Waals surface area (Å²) in [5.74, 6) is 0.193. The van der Waals surface area contributed by atoms with E-state index in [0.717, 1.165) is 25.1 Å². The van der Waals surface area contributed by atoms with Gasteiger partial charge in [0, 0.05) is 18.8 Å². The first-order valence-corrected chi connectivity index (χ1v) is 7.30. The van der Waals surface area contributed by atoms with Gasteiger partial charge in [-0.1, -0.05) is 26.0 Å². The average molecular weight is 290 g/mol. The van der Waals surface area contributed by atoms with Crippen molar-refractivity contribution in [1.82, 2.24) is 4.90 Å². The van der Waals surface area contributed by atoms with Gasteiger partial charge in [0.15, 0.2) is 0 Å². The lowest BCUT2D eigenvalue weighted by molar-refractivity contribution is -0.136. The number of nitrogens with zero attached hydrogens (tertiary/aromatic N) is 1. The van der Waals surface area contributed by atoms with Crippen LogP contribution in [0.1, 0.15) is 25.8 Å². The monoisotopic (exact) mass is 290 g/mol. The van der Waals surface area contributed by atoms with Crippen LogP contribution in [0.2, 0.25) is 0 Å². The van der Waals surface area contributed by atoms with E-state index in [2.05, 4.69) is 19.2 Å². The van der Waals surface area contributed by atoms with Crippen LogP contribution in [-0.4, -0.2) is 35.1 Å². The predicted octanol–water partition coefficient (Wildman–Crippen LogP) is 2.82. The maximum absolute atomic E-state index is 12.2. The zero-order valence-corrected chi connectivity index (χ0v) is 12.5. The number of anilines is 1. The highest BCUT2D eigenvalue weighted by Gasteiger charge is 2.25. The van der Waals surface area contributed by atoms with Crippen LogP contribution < -0.4 is 5.32 Å². The molecule has 1 aromatic carbocycles. The van der Waals surface area contributed by atoms with E-state index in [-0.39, 0.29) is 12.5 Å². The second-order valence-corrected chi connectivity index (χ2v) is 6.05. The standard InChI is InChI=1S/C16H22N2O3/c1-11-7-12(2)10-18(9-11)16(21)17-14-5-3-13(4-6-14)8-15(19)20/h3-6,11-12H,7-10H2,1-2H3,(H,17,21)(H,19,20). The van der Waals surface area contributed by atoms with Gasteiger partial charge >= 0.3 is 12.0 Å². The van der Waals surface area contributed by atoms with E-state index in [1.165, 1.54) is 0 Å². The molecule has 1 aliphatic heterocycles. The Morgan fingerprint density at radius 3 is 2.29 bits per heavy atom. The summed E-state index contributed by atoms with van der Waals surface area (Å²) >= 11 is 0. The summed E-state index contributed by atoms with van der Waals surface area (Å²) in [6.45, 7) is 5.90. The number of urea groups is 1. The van der Waals surface area contributed by atoms with Crippen molar-refractivity contribution in [2.75, 3.05) is 18.4 Å². The quantitative estimate of drug-likeness (QED) is 0.899. The molecular formula is C16H22N2O3. The van der Waals surface area contributed by atoms with Crippen molar-refractivity contribution < 1.29 is 14.7 Å². The number of carboxylic acid groups (broad SMARTS) is 1. The number of rotatable bonds is 3. The molecule has 5 nitrogen and oxygen atoms in total. The minimum absolute atomic E-state index is 0.00458. The van der Waals surface area contributed by atoms with Crippen molar-refractivity contribution >= 4 is 17.7 Å². The molecule has 1 aromatic rings. The van der Waals surface area contributed by atoms with E-state index >= 15 is 0 Å². The van der Waals surface area contributed by atoms with Crippen LogP contribution in [-0.2, 0) is 11.2 Å². The second-order valence-electron chi connectivity index (χ2n) is 6.05. The summed E-state index contributed by atoms with van der Waals surface area (Å²) in [4.78, 5) is 24.7. The normalized spacial score (nSPS) is 21.9. The van der Waals surface area contributed by atoms with E-state index in [4.69, 9.17) is 5.11 Å². The van der Waals surface area contributed by atoms with Gasteiger partial charge in [-0.15, -0.1) is 0 Å². The third-order valence-corrected chi connectivity index (χ3v) is 3.72. The smallest absolute Gasteiger partial charge is 0.321 e. The summed E-state index contributed by atoms with van der Waals surface area (Å²) < 4.78 is 0. The Labute approximate surface area is 125 Å². The third-order valence-electron chi connectivity index (χ3n) is 3.72. The lowest BCUT2D eigenvalue weighted by Crippen LogP contribution is -2.44. The van der Waals surface area contributed by atoms with Gasteiger partial charge in [0.2, 0.25) is 0 Å². The van der Waals surface area contributed by atoms with Crippen LogP contribution in [0.25, 0.3) is 0 Å². The number of piperidine rings is 1. The molecule has 1 heterocycles. The van der Waals surface area contributed by atoms with Gasteiger partial charge in [-0.3, -0.25) is 4.79 Å². The summed E-state index contributed by atoms with van der Waals surface area (Å²) in [7, 11) is 0. The molecule has 2 unspecified atom stereocenters.